The molecule has 16 bridgehead atoms. The summed E-state index contributed by atoms with van der Waals surface area (Å²) in [5.41, 5.74) is 12.2. The number of carboxylic acids is 2. The number of benzene rings is 6. The van der Waals surface area contributed by atoms with Crippen molar-refractivity contribution in [2.45, 2.75) is 123 Å². The molecular formula is C72H70F2N10O6S4. The molecule has 2 aliphatic rings. The van der Waals surface area contributed by atoms with Crippen LogP contribution in [-0.2, 0) is 67.9 Å². The summed E-state index contributed by atoms with van der Waals surface area (Å²) in [6, 6.07) is 34.1. The van der Waals surface area contributed by atoms with E-state index in [4.69, 9.17) is 24.8 Å². The van der Waals surface area contributed by atoms with Crippen LogP contribution in [0, 0.1) is 25.5 Å². The Bertz CT molecular complexity index is 4980. The first-order valence-corrected chi connectivity index (χ1v) is 35.8. The molecule has 1 atom stereocenters. The van der Waals surface area contributed by atoms with Crippen LogP contribution in [0.1, 0.15) is 129 Å². The van der Waals surface area contributed by atoms with Gasteiger partial charge in [-0.15, -0.1) is 47.0 Å². The zero-order chi connectivity index (χ0) is 65.2. The fourth-order valence-electron chi connectivity index (χ4n) is 14.0. The standard InChI is InChI=1S/C72H70F2N10O6S4/c1-38(2)83-47-28-45(79-83)32-91-36-59-63(40(4)75-77-59)65-57(73)21-19-55-53(70(72(87)88)82(7)68(55)65)15-11-23-90-62-31-50(93-34-47)27-44-17-16-42(25-56(44)62)24-39(3)84-48-29-46(80-84)33-92-37-60-64(41(5)76-78-60)66-58(74)20-18-54-52(69(71(85)86)81(6)67(54)66)14-10-22-89-61-30-49(94-35-48)26-43-12-8-9-13-51(43)61/h8-9,12-13,16-21,25-31,38-39H,10-11,14-15,22-24,32-37H2,1-7H3,(H,75,77)(H,76,78)(H,85,86)(H,87,88). The maximum Gasteiger partial charge on any atom is 0.352 e. The summed E-state index contributed by atoms with van der Waals surface area (Å²) < 4.78 is 54.0. The van der Waals surface area contributed by atoms with Crippen molar-refractivity contribution < 1.29 is 38.1 Å². The van der Waals surface area contributed by atoms with Crippen molar-refractivity contribution in [2.75, 3.05) is 13.2 Å². The van der Waals surface area contributed by atoms with Crippen molar-refractivity contribution in [2.24, 2.45) is 14.1 Å². The Morgan fingerprint density at radius 3 is 1.61 bits per heavy atom. The lowest BCUT2D eigenvalue weighted by atomic mass is 9.98. The third-order valence-electron chi connectivity index (χ3n) is 18.1. The van der Waals surface area contributed by atoms with Crippen molar-refractivity contribution in [3.05, 3.63) is 188 Å². The highest BCUT2D eigenvalue weighted by Crippen LogP contribution is 2.44. The molecule has 0 amide bonds. The lowest BCUT2D eigenvalue weighted by molar-refractivity contribution is 0.0675. The first kappa shape index (κ1) is 63.0. The number of aromatic carboxylic acids is 2. The average molecular weight is 1340 g/mol. The van der Waals surface area contributed by atoms with Crippen LogP contribution < -0.4 is 9.47 Å². The van der Waals surface area contributed by atoms with E-state index in [0.717, 1.165) is 71.2 Å². The van der Waals surface area contributed by atoms with Crippen LogP contribution in [0.25, 0.3) is 65.6 Å². The molecule has 0 saturated heterocycles. The number of thioether (sulfide) groups is 4. The Morgan fingerprint density at radius 1 is 0.574 bits per heavy atom. The predicted octanol–water partition coefficient (Wildman–Crippen LogP) is 16.9. The third kappa shape index (κ3) is 11.8. The summed E-state index contributed by atoms with van der Waals surface area (Å²) in [5.74, 6) is 1.75. The van der Waals surface area contributed by atoms with Crippen LogP contribution in [0.4, 0.5) is 8.78 Å². The number of nitrogens with zero attached hydrogens (tertiary/aromatic N) is 8. The minimum atomic E-state index is -1.09. The average Bonchev–Trinajstić information content (AvgIpc) is 1.58. The van der Waals surface area contributed by atoms with Crippen LogP contribution in [0.5, 0.6) is 11.5 Å². The number of fused-ring (bicyclic) bond motifs is 16. The number of rotatable bonds is 6. The molecule has 14 rings (SSSR count). The molecule has 6 aromatic heterocycles. The van der Waals surface area contributed by atoms with Gasteiger partial charge in [-0.25, -0.2) is 18.4 Å². The molecule has 2 aliphatic heterocycles. The van der Waals surface area contributed by atoms with Gasteiger partial charge < -0.3 is 28.8 Å². The van der Waals surface area contributed by atoms with Crippen molar-refractivity contribution in [3.8, 4) is 33.8 Å². The van der Waals surface area contributed by atoms with Crippen LogP contribution in [-0.4, -0.2) is 84.5 Å². The van der Waals surface area contributed by atoms with Crippen LogP contribution in [0.2, 0.25) is 0 Å². The Kier molecular flexibility index (Phi) is 17.5. The number of aryl methyl sites for hydroxylation is 6. The number of halogens is 2. The van der Waals surface area contributed by atoms with E-state index in [1.54, 1.807) is 82.4 Å². The number of aromatic nitrogens is 10. The number of hydrogen-bond donors (Lipinski definition) is 4. The second-order valence-corrected chi connectivity index (χ2v) is 28.8. The molecule has 12 aromatic rings. The quantitative estimate of drug-likeness (QED) is 0.123. The molecule has 1 unspecified atom stereocenters. The van der Waals surface area contributed by atoms with Gasteiger partial charge in [-0.3, -0.25) is 19.6 Å². The van der Waals surface area contributed by atoms with Crippen molar-refractivity contribution in [1.29, 1.82) is 0 Å². The topological polar surface area (TPSA) is 196 Å². The van der Waals surface area contributed by atoms with E-state index in [1.165, 1.54) is 12.1 Å². The number of ether oxygens (including phenoxy) is 2. The molecule has 482 valence electrons. The van der Waals surface area contributed by atoms with Gasteiger partial charge in [-0.2, -0.15) is 20.4 Å². The van der Waals surface area contributed by atoms with E-state index in [9.17, 15) is 19.8 Å². The Labute approximate surface area is 558 Å². The first-order valence-electron chi connectivity index (χ1n) is 31.5. The molecular weight excluding hydrogens is 1270 g/mol. The smallest absolute Gasteiger partial charge is 0.352 e. The maximum atomic E-state index is 16.5. The minimum Gasteiger partial charge on any atom is -0.493 e. The molecule has 0 radical (unpaired) electrons. The molecule has 0 saturated carbocycles. The van der Waals surface area contributed by atoms with E-state index in [2.05, 4.69) is 112 Å². The number of carbonyl (C=O) groups is 2. The van der Waals surface area contributed by atoms with Gasteiger partial charge in [0.1, 0.15) is 34.5 Å². The fraction of sp³-hybridized carbons (Fsp3) is 0.306. The number of carboxylic acid groups (broad SMARTS) is 2. The maximum absolute atomic E-state index is 16.5. The zero-order valence-corrected chi connectivity index (χ0v) is 56.4. The van der Waals surface area contributed by atoms with E-state index in [0.29, 0.717) is 151 Å². The van der Waals surface area contributed by atoms with Gasteiger partial charge in [0, 0.05) is 131 Å². The molecule has 0 aliphatic carbocycles. The molecule has 94 heavy (non-hydrogen) atoms. The summed E-state index contributed by atoms with van der Waals surface area (Å²) in [4.78, 5) is 28.3. The Morgan fingerprint density at radius 2 is 1.07 bits per heavy atom. The third-order valence-corrected chi connectivity index (χ3v) is 22.1. The van der Waals surface area contributed by atoms with Crippen LogP contribution in [0.15, 0.2) is 113 Å². The lowest BCUT2D eigenvalue weighted by Gasteiger charge is -2.18. The minimum absolute atomic E-state index is 0.0946. The summed E-state index contributed by atoms with van der Waals surface area (Å²) >= 11 is 6.74. The highest BCUT2D eigenvalue weighted by atomic mass is 32.2. The monoisotopic (exact) mass is 1340 g/mol. The summed E-state index contributed by atoms with van der Waals surface area (Å²) in [6.07, 6.45) is 2.43. The van der Waals surface area contributed by atoms with Gasteiger partial charge in [0.15, 0.2) is 0 Å². The molecule has 0 spiro atoms. The number of hydrogen-bond acceptors (Lipinski definition) is 12. The highest BCUT2D eigenvalue weighted by Gasteiger charge is 2.30. The van der Waals surface area contributed by atoms with E-state index in [1.807, 2.05) is 26.0 Å². The van der Waals surface area contributed by atoms with Crippen LogP contribution >= 0.6 is 47.0 Å². The Hall–Kier alpha value is -8.44. The van der Waals surface area contributed by atoms with Gasteiger partial charge in [-0.05, 0) is 161 Å². The lowest BCUT2D eigenvalue weighted by Crippen LogP contribution is -2.13. The summed E-state index contributed by atoms with van der Waals surface area (Å²) in [5, 5.41) is 52.8. The van der Waals surface area contributed by atoms with Gasteiger partial charge in [0.25, 0.3) is 0 Å². The van der Waals surface area contributed by atoms with Gasteiger partial charge in [0.2, 0.25) is 0 Å². The summed E-state index contributed by atoms with van der Waals surface area (Å²) in [7, 11) is 3.40. The van der Waals surface area contributed by atoms with Crippen LogP contribution in [0.3, 0.4) is 0 Å². The molecule has 6 aromatic carbocycles. The van der Waals surface area contributed by atoms with E-state index < -0.39 is 23.6 Å². The highest BCUT2D eigenvalue weighted by molar-refractivity contribution is 7.99. The molecule has 22 heteroatoms. The van der Waals surface area contributed by atoms with Gasteiger partial charge in [-0.1, -0.05) is 36.4 Å². The van der Waals surface area contributed by atoms with E-state index in [-0.39, 0.29) is 30.1 Å². The molecule has 16 nitrogen and oxygen atoms in total. The Balaban J connectivity index is 0.797. The van der Waals surface area contributed by atoms with E-state index >= 15 is 8.78 Å². The molecule has 4 N–H and O–H groups in total. The largest absolute Gasteiger partial charge is 0.493 e. The fourth-order valence-corrected chi connectivity index (χ4v) is 17.5. The molecule has 8 heterocycles. The second-order valence-electron chi connectivity index (χ2n) is 24.7. The zero-order valence-electron chi connectivity index (χ0n) is 53.2. The van der Waals surface area contributed by atoms with Gasteiger partial charge in [0.05, 0.1) is 53.1 Å². The number of aromatic amines is 2. The van der Waals surface area contributed by atoms with Crippen molar-refractivity contribution in [3.63, 3.8) is 0 Å². The summed E-state index contributed by atoms with van der Waals surface area (Å²) in [6.45, 7) is 10.8. The number of nitrogens with one attached hydrogen (secondary N) is 2. The SMILES string of the molecule is Cc1[nH]nc2c1-c1c(F)ccc3c(c(C(=O)O)n(C)c13)CCCOc1cc(cc3ccc(CC(C)n4nc5cc4CSc4cc(c6ccccc6c4)OCCCc4c(C(=O)O)n(C)c6c(c(F)ccc46)-c4c(n[nH]c4C)CSC5)cc13)SCc1cc(nn1C(C)C)CSC2. The van der Waals surface area contributed by atoms with Crippen molar-refractivity contribution >= 4 is 102 Å². The molecule has 0 fully saturated rings. The first-order chi connectivity index (χ1) is 45.5. The normalized spacial score (nSPS) is 14.8. The number of H-pyrrole nitrogens is 2. The predicted molar refractivity (Wildman–Crippen MR) is 372 cm³/mol. The second kappa shape index (κ2) is 26.0. The van der Waals surface area contributed by atoms with Gasteiger partial charge >= 0.3 is 11.9 Å². The van der Waals surface area contributed by atoms with Crippen molar-refractivity contribution in [1.82, 2.24) is 49.1 Å².